The Bertz CT molecular complexity index is 521. The van der Waals surface area contributed by atoms with Gasteiger partial charge < -0.3 is 10.6 Å². The predicted octanol–water partition coefficient (Wildman–Crippen LogP) is 1.71. The van der Waals surface area contributed by atoms with E-state index in [1.807, 2.05) is 6.92 Å². The maximum Gasteiger partial charge on any atom is 0.257 e. The monoisotopic (exact) mass is 283 g/mol. The van der Waals surface area contributed by atoms with Crippen LogP contribution < -0.4 is 5.73 Å². The summed E-state index contributed by atoms with van der Waals surface area (Å²) in [5, 5.41) is 0. The van der Waals surface area contributed by atoms with E-state index in [4.69, 9.17) is 5.73 Å². The third-order valence-corrected chi connectivity index (χ3v) is 3.75. The van der Waals surface area contributed by atoms with E-state index in [9.17, 15) is 13.6 Å². The number of rotatable bonds is 2. The molecule has 1 aromatic rings. The second kappa shape index (κ2) is 5.75. The van der Waals surface area contributed by atoms with Gasteiger partial charge in [0.1, 0.15) is 5.82 Å². The average Bonchev–Trinajstić information content (AvgIpc) is 2.42. The first-order valence-corrected chi connectivity index (χ1v) is 6.71. The van der Waals surface area contributed by atoms with Crippen LogP contribution >= 0.6 is 0 Å². The standard InChI is InChI=1S/C14H19F2N3O/c1-3-18-4-5-19(8-9(18)2)14(20)11-6-10(15)7-12(17)13(11)16/h6-7,9H,3-5,8,17H2,1-2H3. The molecule has 1 aliphatic heterocycles. The highest BCUT2D eigenvalue weighted by molar-refractivity contribution is 5.95. The van der Waals surface area contributed by atoms with Gasteiger partial charge in [0.25, 0.3) is 5.91 Å². The SMILES string of the molecule is CCN1CCN(C(=O)c2cc(F)cc(N)c2F)CC1C. The number of halogens is 2. The molecule has 2 rings (SSSR count). The van der Waals surface area contributed by atoms with Crippen molar-refractivity contribution in [1.82, 2.24) is 9.80 Å². The highest BCUT2D eigenvalue weighted by Crippen LogP contribution is 2.20. The van der Waals surface area contributed by atoms with Crippen LogP contribution in [0.4, 0.5) is 14.5 Å². The summed E-state index contributed by atoms with van der Waals surface area (Å²) in [6.45, 7) is 6.72. The normalized spacial score (nSPS) is 20.2. The van der Waals surface area contributed by atoms with Crippen LogP contribution in [0.15, 0.2) is 12.1 Å². The minimum Gasteiger partial charge on any atom is -0.396 e. The molecule has 4 nitrogen and oxygen atoms in total. The molecular weight excluding hydrogens is 264 g/mol. The predicted molar refractivity (Wildman–Crippen MR) is 73.4 cm³/mol. The molecule has 1 atom stereocenters. The van der Waals surface area contributed by atoms with Gasteiger partial charge in [0.15, 0.2) is 5.82 Å². The van der Waals surface area contributed by atoms with Crippen LogP contribution in [0.3, 0.4) is 0 Å². The molecule has 0 aromatic heterocycles. The fourth-order valence-electron chi connectivity index (χ4n) is 2.59. The Morgan fingerprint density at radius 1 is 1.40 bits per heavy atom. The molecule has 0 saturated carbocycles. The van der Waals surface area contributed by atoms with E-state index in [-0.39, 0.29) is 17.3 Å². The van der Waals surface area contributed by atoms with Gasteiger partial charge in [0.2, 0.25) is 0 Å². The van der Waals surface area contributed by atoms with Crippen molar-refractivity contribution in [3.05, 3.63) is 29.3 Å². The number of carbonyl (C=O) groups is 1. The molecule has 2 N–H and O–H groups in total. The summed E-state index contributed by atoms with van der Waals surface area (Å²) in [5.74, 6) is -2.05. The lowest BCUT2D eigenvalue weighted by molar-refractivity contribution is 0.0524. The fraction of sp³-hybridized carbons (Fsp3) is 0.500. The number of hydrogen-bond acceptors (Lipinski definition) is 3. The topological polar surface area (TPSA) is 49.6 Å². The first-order chi connectivity index (χ1) is 9.43. The van der Waals surface area contributed by atoms with Crippen molar-refractivity contribution in [3.8, 4) is 0 Å². The molecule has 6 heteroatoms. The van der Waals surface area contributed by atoms with Gasteiger partial charge in [-0.25, -0.2) is 8.78 Å². The Labute approximate surface area is 117 Å². The summed E-state index contributed by atoms with van der Waals surface area (Å²) in [6.07, 6.45) is 0. The van der Waals surface area contributed by atoms with Crippen molar-refractivity contribution < 1.29 is 13.6 Å². The molecule has 1 heterocycles. The molecular formula is C14H19F2N3O. The lowest BCUT2D eigenvalue weighted by Gasteiger charge is -2.39. The van der Waals surface area contributed by atoms with E-state index in [1.165, 1.54) is 0 Å². The number of carbonyl (C=O) groups excluding carboxylic acids is 1. The zero-order valence-electron chi connectivity index (χ0n) is 11.7. The molecule has 1 amide bonds. The van der Waals surface area contributed by atoms with Crippen molar-refractivity contribution >= 4 is 11.6 Å². The van der Waals surface area contributed by atoms with Crippen LogP contribution in [0, 0.1) is 11.6 Å². The Hall–Kier alpha value is -1.69. The van der Waals surface area contributed by atoms with Crippen LogP contribution in [0.1, 0.15) is 24.2 Å². The molecule has 0 aliphatic carbocycles. The number of piperazine rings is 1. The van der Waals surface area contributed by atoms with E-state index in [2.05, 4.69) is 11.8 Å². The number of likely N-dealkylation sites (N-methyl/N-ethyl adjacent to an activating group) is 1. The van der Waals surface area contributed by atoms with Gasteiger partial charge in [-0.15, -0.1) is 0 Å². The summed E-state index contributed by atoms with van der Waals surface area (Å²) in [6, 6.07) is 1.99. The Balaban J connectivity index is 2.21. The minimum absolute atomic E-state index is 0.201. The van der Waals surface area contributed by atoms with Gasteiger partial charge in [0, 0.05) is 25.7 Å². The summed E-state index contributed by atoms with van der Waals surface area (Å²) in [7, 11) is 0. The maximum absolute atomic E-state index is 13.9. The fourth-order valence-corrected chi connectivity index (χ4v) is 2.59. The number of nitrogen functional groups attached to an aromatic ring is 1. The molecule has 110 valence electrons. The number of nitrogens with zero attached hydrogens (tertiary/aromatic N) is 2. The molecule has 1 unspecified atom stereocenters. The Morgan fingerprint density at radius 3 is 2.70 bits per heavy atom. The highest BCUT2D eigenvalue weighted by atomic mass is 19.1. The van der Waals surface area contributed by atoms with E-state index < -0.39 is 17.5 Å². The summed E-state index contributed by atoms with van der Waals surface area (Å²) in [5.41, 5.74) is 4.73. The van der Waals surface area contributed by atoms with Gasteiger partial charge in [0.05, 0.1) is 11.3 Å². The number of hydrogen-bond donors (Lipinski definition) is 1. The van der Waals surface area contributed by atoms with Gasteiger partial charge in [-0.1, -0.05) is 6.92 Å². The third kappa shape index (κ3) is 2.75. The molecule has 20 heavy (non-hydrogen) atoms. The smallest absolute Gasteiger partial charge is 0.257 e. The van der Waals surface area contributed by atoms with Gasteiger partial charge in [-0.3, -0.25) is 9.69 Å². The average molecular weight is 283 g/mol. The van der Waals surface area contributed by atoms with Gasteiger partial charge in [-0.2, -0.15) is 0 Å². The number of amides is 1. The second-order valence-corrected chi connectivity index (χ2v) is 5.09. The van der Waals surface area contributed by atoms with Crippen LogP contribution in [-0.4, -0.2) is 47.9 Å². The van der Waals surface area contributed by atoms with Crippen molar-refractivity contribution in [2.24, 2.45) is 0 Å². The largest absolute Gasteiger partial charge is 0.396 e. The van der Waals surface area contributed by atoms with Crippen LogP contribution in [-0.2, 0) is 0 Å². The lowest BCUT2D eigenvalue weighted by atomic mass is 10.1. The van der Waals surface area contributed by atoms with Crippen molar-refractivity contribution in [2.45, 2.75) is 19.9 Å². The Kier molecular flexibility index (Phi) is 4.23. The molecule has 1 fully saturated rings. The van der Waals surface area contributed by atoms with Crippen LogP contribution in [0.2, 0.25) is 0 Å². The van der Waals surface area contributed by atoms with Crippen molar-refractivity contribution in [1.29, 1.82) is 0 Å². The molecule has 0 radical (unpaired) electrons. The van der Waals surface area contributed by atoms with Crippen molar-refractivity contribution in [3.63, 3.8) is 0 Å². The van der Waals surface area contributed by atoms with Gasteiger partial charge >= 0.3 is 0 Å². The number of nitrogens with two attached hydrogens (primary N) is 1. The van der Waals surface area contributed by atoms with E-state index in [1.54, 1.807) is 4.90 Å². The van der Waals surface area contributed by atoms with Crippen LogP contribution in [0.5, 0.6) is 0 Å². The first-order valence-electron chi connectivity index (χ1n) is 6.71. The number of anilines is 1. The Morgan fingerprint density at radius 2 is 2.10 bits per heavy atom. The van der Waals surface area contributed by atoms with Crippen LogP contribution in [0.25, 0.3) is 0 Å². The van der Waals surface area contributed by atoms with E-state index in [0.717, 1.165) is 25.2 Å². The summed E-state index contributed by atoms with van der Waals surface area (Å²) < 4.78 is 27.2. The summed E-state index contributed by atoms with van der Waals surface area (Å²) >= 11 is 0. The highest BCUT2D eigenvalue weighted by Gasteiger charge is 2.28. The van der Waals surface area contributed by atoms with E-state index in [0.29, 0.717) is 13.1 Å². The quantitative estimate of drug-likeness (QED) is 0.841. The molecule has 1 saturated heterocycles. The third-order valence-electron chi connectivity index (χ3n) is 3.75. The summed E-state index contributed by atoms with van der Waals surface area (Å²) in [4.78, 5) is 16.1. The molecule has 1 aliphatic rings. The van der Waals surface area contributed by atoms with E-state index >= 15 is 0 Å². The molecule has 0 spiro atoms. The lowest BCUT2D eigenvalue weighted by Crippen LogP contribution is -2.53. The number of benzene rings is 1. The zero-order valence-corrected chi connectivity index (χ0v) is 11.7. The maximum atomic E-state index is 13.9. The molecule has 1 aromatic carbocycles. The molecule has 0 bridgehead atoms. The second-order valence-electron chi connectivity index (χ2n) is 5.09. The minimum atomic E-state index is -0.845. The van der Waals surface area contributed by atoms with Crippen molar-refractivity contribution in [2.75, 3.05) is 31.9 Å². The zero-order chi connectivity index (χ0) is 14.9. The van der Waals surface area contributed by atoms with Gasteiger partial charge in [-0.05, 0) is 25.6 Å². The first kappa shape index (κ1) is 14.7.